The van der Waals surface area contributed by atoms with Crippen LogP contribution in [0.25, 0.3) is 0 Å². The first kappa shape index (κ1) is 16.8. The number of hydrogen-bond acceptors (Lipinski definition) is 2. The Labute approximate surface area is 130 Å². The van der Waals surface area contributed by atoms with Gasteiger partial charge in [0.15, 0.2) is 0 Å². The third kappa shape index (κ3) is 5.38. The molecule has 1 aromatic rings. The van der Waals surface area contributed by atoms with Crippen LogP contribution in [-0.2, 0) is 4.79 Å². The normalized spacial score (nSPS) is 11.8. The van der Waals surface area contributed by atoms with Crippen LogP contribution in [0.4, 0.5) is 10.5 Å². The van der Waals surface area contributed by atoms with Crippen LogP contribution in [0.15, 0.2) is 22.7 Å². The van der Waals surface area contributed by atoms with E-state index in [0.717, 1.165) is 17.3 Å². The molecule has 0 aliphatic rings. The first-order valence-electron chi connectivity index (χ1n) is 6.19. The summed E-state index contributed by atoms with van der Waals surface area (Å²) in [5, 5.41) is 14.5. The number of carboxylic acids is 1. The van der Waals surface area contributed by atoms with Gasteiger partial charge in [0.25, 0.3) is 0 Å². The summed E-state index contributed by atoms with van der Waals surface area (Å²) < 4.78 is 0.719. The number of amides is 2. The maximum absolute atomic E-state index is 11.7. The fourth-order valence-electron chi connectivity index (χ4n) is 1.56. The Morgan fingerprint density at radius 1 is 1.45 bits per heavy atom. The molecule has 7 heteroatoms. The molecule has 1 aromatic carbocycles. The van der Waals surface area contributed by atoms with Crippen molar-refractivity contribution in [2.24, 2.45) is 0 Å². The molecule has 0 radical (unpaired) electrons. The summed E-state index contributed by atoms with van der Waals surface area (Å²) in [6.07, 6.45) is 2.01. The molecule has 0 heterocycles. The van der Waals surface area contributed by atoms with Crippen molar-refractivity contribution in [1.29, 1.82) is 0 Å². The molecule has 0 saturated carbocycles. The van der Waals surface area contributed by atoms with E-state index in [4.69, 9.17) is 16.7 Å². The number of halogens is 2. The SMILES string of the molecule is CCCCC(NC(=O)Nc1ccc(Br)c(Cl)c1)C(=O)O. The number of benzene rings is 1. The van der Waals surface area contributed by atoms with Gasteiger partial charge in [0, 0.05) is 10.2 Å². The molecule has 2 amide bonds. The van der Waals surface area contributed by atoms with E-state index in [2.05, 4.69) is 26.6 Å². The highest BCUT2D eigenvalue weighted by atomic mass is 79.9. The van der Waals surface area contributed by atoms with Crippen LogP contribution in [0.5, 0.6) is 0 Å². The number of carboxylic acid groups (broad SMARTS) is 1. The Morgan fingerprint density at radius 2 is 2.15 bits per heavy atom. The molecule has 1 rings (SSSR count). The molecular weight excluding hydrogens is 348 g/mol. The van der Waals surface area contributed by atoms with Crippen LogP contribution >= 0.6 is 27.5 Å². The Kier molecular flexibility index (Phi) is 6.81. The summed E-state index contributed by atoms with van der Waals surface area (Å²) in [5.41, 5.74) is 0.496. The molecule has 0 aliphatic carbocycles. The van der Waals surface area contributed by atoms with E-state index in [9.17, 15) is 9.59 Å². The lowest BCUT2D eigenvalue weighted by Crippen LogP contribution is -2.42. The highest BCUT2D eigenvalue weighted by Gasteiger charge is 2.19. The van der Waals surface area contributed by atoms with Gasteiger partial charge in [0.2, 0.25) is 0 Å². The topological polar surface area (TPSA) is 78.4 Å². The second-order valence-corrected chi connectivity index (χ2v) is 5.52. The summed E-state index contributed by atoms with van der Waals surface area (Å²) in [6.45, 7) is 1.96. The molecular formula is C13H16BrClN2O3. The maximum Gasteiger partial charge on any atom is 0.326 e. The number of carbonyl (C=O) groups excluding carboxylic acids is 1. The molecule has 0 bridgehead atoms. The molecule has 0 aromatic heterocycles. The lowest BCUT2D eigenvalue weighted by atomic mass is 10.1. The van der Waals surface area contributed by atoms with Gasteiger partial charge >= 0.3 is 12.0 Å². The van der Waals surface area contributed by atoms with E-state index >= 15 is 0 Å². The fourth-order valence-corrected chi connectivity index (χ4v) is 1.99. The quantitative estimate of drug-likeness (QED) is 0.718. The minimum atomic E-state index is -1.04. The van der Waals surface area contributed by atoms with Crippen molar-refractivity contribution in [3.63, 3.8) is 0 Å². The molecule has 110 valence electrons. The highest BCUT2D eigenvalue weighted by Crippen LogP contribution is 2.25. The smallest absolute Gasteiger partial charge is 0.326 e. The van der Waals surface area contributed by atoms with Crippen molar-refractivity contribution >= 4 is 45.2 Å². The number of anilines is 1. The number of rotatable bonds is 6. The van der Waals surface area contributed by atoms with Crippen molar-refractivity contribution in [3.05, 3.63) is 27.7 Å². The molecule has 0 spiro atoms. The molecule has 0 saturated heterocycles. The van der Waals surface area contributed by atoms with Gasteiger partial charge in [-0.05, 0) is 40.5 Å². The van der Waals surface area contributed by atoms with E-state index in [1.165, 1.54) is 0 Å². The number of carbonyl (C=O) groups is 2. The van der Waals surface area contributed by atoms with Crippen LogP contribution in [0.1, 0.15) is 26.2 Å². The average Bonchev–Trinajstić information content (AvgIpc) is 2.38. The minimum absolute atomic E-state index is 0.403. The Hall–Kier alpha value is -1.27. The Bertz CT molecular complexity index is 497. The van der Waals surface area contributed by atoms with E-state index in [1.54, 1.807) is 18.2 Å². The Morgan fingerprint density at radius 3 is 2.70 bits per heavy atom. The third-order valence-electron chi connectivity index (χ3n) is 2.63. The molecule has 5 nitrogen and oxygen atoms in total. The van der Waals surface area contributed by atoms with Crippen molar-refractivity contribution < 1.29 is 14.7 Å². The molecule has 3 N–H and O–H groups in total. The van der Waals surface area contributed by atoms with E-state index in [-0.39, 0.29) is 0 Å². The number of nitrogens with one attached hydrogen (secondary N) is 2. The summed E-state index contributed by atoms with van der Waals surface area (Å²) >= 11 is 9.15. The first-order chi connectivity index (χ1) is 9.43. The van der Waals surface area contributed by atoms with Gasteiger partial charge in [-0.3, -0.25) is 0 Å². The minimum Gasteiger partial charge on any atom is -0.480 e. The second kappa shape index (κ2) is 8.11. The zero-order chi connectivity index (χ0) is 15.1. The molecule has 0 aliphatic heterocycles. The van der Waals surface area contributed by atoms with E-state index in [1.807, 2.05) is 6.92 Å². The monoisotopic (exact) mass is 362 g/mol. The highest BCUT2D eigenvalue weighted by molar-refractivity contribution is 9.10. The van der Waals surface area contributed by atoms with Crippen LogP contribution in [0, 0.1) is 0 Å². The summed E-state index contributed by atoms with van der Waals surface area (Å²) in [4.78, 5) is 22.8. The summed E-state index contributed by atoms with van der Waals surface area (Å²) in [6, 6.07) is 3.49. The van der Waals surface area contributed by atoms with E-state index in [0.29, 0.717) is 17.1 Å². The van der Waals surface area contributed by atoms with Crippen LogP contribution in [-0.4, -0.2) is 23.1 Å². The van der Waals surface area contributed by atoms with Crippen molar-refractivity contribution in [2.45, 2.75) is 32.2 Å². The molecule has 20 heavy (non-hydrogen) atoms. The molecule has 1 atom stereocenters. The number of urea groups is 1. The largest absolute Gasteiger partial charge is 0.480 e. The second-order valence-electron chi connectivity index (χ2n) is 4.26. The predicted octanol–water partition coefficient (Wildman–Crippen LogP) is 3.87. The zero-order valence-corrected chi connectivity index (χ0v) is 13.3. The summed E-state index contributed by atoms with van der Waals surface area (Å²) in [7, 11) is 0. The zero-order valence-electron chi connectivity index (χ0n) is 11.0. The lowest BCUT2D eigenvalue weighted by Gasteiger charge is -2.15. The maximum atomic E-state index is 11.7. The van der Waals surface area contributed by atoms with Crippen LogP contribution in [0.3, 0.4) is 0 Å². The number of hydrogen-bond donors (Lipinski definition) is 3. The van der Waals surface area contributed by atoms with Gasteiger partial charge in [-0.25, -0.2) is 9.59 Å². The fraction of sp³-hybridized carbons (Fsp3) is 0.385. The number of aliphatic carboxylic acids is 1. The van der Waals surface area contributed by atoms with Crippen molar-refractivity contribution in [2.75, 3.05) is 5.32 Å². The van der Waals surface area contributed by atoms with Gasteiger partial charge in [-0.2, -0.15) is 0 Å². The van der Waals surface area contributed by atoms with Crippen molar-refractivity contribution in [1.82, 2.24) is 5.32 Å². The average molecular weight is 364 g/mol. The van der Waals surface area contributed by atoms with Gasteiger partial charge in [-0.1, -0.05) is 31.4 Å². The van der Waals surface area contributed by atoms with E-state index < -0.39 is 18.0 Å². The first-order valence-corrected chi connectivity index (χ1v) is 7.36. The standard InChI is InChI=1S/C13H16BrClN2O3/c1-2-3-4-11(12(18)19)17-13(20)16-8-5-6-9(14)10(15)7-8/h5-7,11H,2-4H2,1H3,(H,18,19)(H2,16,17,20). The predicted molar refractivity (Wildman–Crippen MR) is 82.3 cm³/mol. The number of unbranched alkanes of at least 4 members (excludes halogenated alkanes) is 1. The van der Waals surface area contributed by atoms with Gasteiger partial charge in [0.05, 0.1) is 5.02 Å². The lowest BCUT2D eigenvalue weighted by molar-refractivity contribution is -0.139. The third-order valence-corrected chi connectivity index (χ3v) is 3.86. The van der Waals surface area contributed by atoms with Gasteiger partial charge in [0.1, 0.15) is 6.04 Å². The van der Waals surface area contributed by atoms with Crippen LogP contribution in [0.2, 0.25) is 5.02 Å². The summed E-state index contributed by atoms with van der Waals surface area (Å²) in [5.74, 6) is -1.04. The van der Waals surface area contributed by atoms with Gasteiger partial charge < -0.3 is 15.7 Å². The molecule has 0 fully saturated rings. The molecule has 1 unspecified atom stereocenters. The Balaban J connectivity index is 2.60. The van der Waals surface area contributed by atoms with Crippen molar-refractivity contribution in [3.8, 4) is 0 Å². The van der Waals surface area contributed by atoms with Crippen LogP contribution < -0.4 is 10.6 Å². The van der Waals surface area contributed by atoms with Gasteiger partial charge in [-0.15, -0.1) is 0 Å².